The van der Waals surface area contributed by atoms with Gasteiger partial charge in [0, 0.05) is 11.5 Å². The third kappa shape index (κ3) is 1.73. The largest absolute Gasteiger partial charge is 0.322 e. The van der Waals surface area contributed by atoms with Gasteiger partial charge in [0.2, 0.25) is 0 Å². The van der Waals surface area contributed by atoms with Crippen LogP contribution in [0.25, 0.3) is 0 Å². The number of hydrogen-bond acceptors (Lipinski definition) is 1. The normalized spacial score (nSPS) is 31.7. The van der Waals surface area contributed by atoms with E-state index in [9.17, 15) is 0 Å². The first-order chi connectivity index (χ1) is 6.70. The molecule has 2 N–H and O–H groups in total. The Morgan fingerprint density at radius 2 is 2.00 bits per heavy atom. The zero-order chi connectivity index (χ0) is 10.0. The van der Waals surface area contributed by atoms with Gasteiger partial charge in [0.15, 0.2) is 0 Å². The highest BCUT2D eigenvalue weighted by molar-refractivity contribution is 5.28. The molecule has 0 saturated carbocycles. The van der Waals surface area contributed by atoms with Gasteiger partial charge in [-0.2, -0.15) is 0 Å². The van der Waals surface area contributed by atoms with E-state index >= 15 is 0 Å². The Labute approximate surface area is 85.6 Å². The Morgan fingerprint density at radius 1 is 1.29 bits per heavy atom. The molecule has 0 radical (unpaired) electrons. The smallest absolute Gasteiger partial charge is 0.0380 e. The molecule has 1 nitrogen and oxygen atoms in total. The third-order valence-electron chi connectivity index (χ3n) is 3.05. The quantitative estimate of drug-likeness (QED) is 0.672. The van der Waals surface area contributed by atoms with Gasteiger partial charge in [0.25, 0.3) is 0 Å². The van der Waals surface area contributed by atoms with E-state index in [0.29, 0.717) is 5.92 Å². The molecule has 1 aliphatic rings. The predicted molar refractivity (Wildman–Crippen MR) is 60.1 cm³/mol. The van der Waals surface area contributed by atoms with E-state index in [1.54, 1.807) is 0 Å². The molecule has 0 aliphatic heterocycles. The van der Waals surface area contributed by atoms with Crippen molar-refractivity contribution in [2.45, 2.75) is 31.2 Å². The molecular formula is C13H17N. The minimum absolute atomic E-state index is 0.181. The highest BCUT2D eigenvalue weighted by atomic mass is 14.7. The SMILES string of the molecule is CC1(N)C=CCCC1c1ccccc1. The van der Waals surface area contributed by atoms with E-state index in [2.05, 4.69) is 49.4 Å². The van der Waals surface area contributed by atoms with Crippen LogP contribution in [0.5, 0.6) is 0 Å². The van der Waals surface area contributed by atoms with Gasteiger partial charge < -0.3 is 5.73 Å². The number of rotatable bonds is 1. The second-order valence-electron chi connectivity index (χ2n) is 4.31. The van der Waals surface area contributed by atoms with E-state index in [0.717, 1.165) is 12.8 Å². The van der Waals surface area contributed by atoms with Gasteiger partial charge in [-0.1, -0.05) is 42.5 Å². The highest BCUT2D eigenvalue weighted by Gasteiger charge is 2.30. The summed E-state index contributed by atoms with van der Waals surface area (Å²) < 4.78 is 0. The van der Waals surface area contributed by atoms with Gasteiger partial charge >= 0.3 is 0 Å². The van der Waals surface area contributed by atoms with Crippen molar-refractivity contribution in [1.82, 2.24) is 0 Å². The van der Waals surface area contributed by atoms with E-state index < -0.39 is 0 Å². The van der Waals surface area contributed by atoms with Crippen LogP contribution < -0.4 is 5.73 Å². The maximum absolute atomic E-state index is 6.27. The molecule has 1 heteroatoms. The summed E-state index contributed by atoms with van der Waals surface area (Å²) in [5, 5.41) is 0. The lowest BCUT2D eigenvalue weighted by Crippen LogP contribution is -2.42. The monoisotopic (exact) mass is 187 g/mol. The summed E-state index contributed by atoms with van der Waals surface area (Å²) in [5.41, 5.74) is 7.45. The van der Waals surface area contributed by atoms with Gasteiger partial charge in [0.1, 0.15) is 0 Å². The summed E-state index contributed by atoms with van der Waals surface area (Å²) in [6.45, 7) is 2.11. The Bertz CT molecular complexity index is 324. The van der Waals surface area contributed by atoms with E-state index in [1.807, 2.05) is 0 Å². The van der Waals surface area contributed by atoms with Crippen LogP contribution in [-0.4, -0.2) is 5.54 Å². The summed E-state index contributed by atoms with van der Waals surface area (Å²) in [6.07, 6.45) is 6.65. The predicted octanol–water partition coefficient (Wildman–Crippen LogP) is 2.84. The van der Waals surface area contributed by atoms with Crippen molar-refractivity contribution in [2.75, 3.05) is 0 Å². The number of benzene rings is 1. The highest BCUT2D eigenvalue weighted by Crippen LogP contribution is 2.34. The fraction of sp³-hybridized carbons (Fsp3) is 0.385. The van der Waals surface area contributed by atoms with E-state index in [1.165, 1.54) is 5.56 Å². The molecule has 0 heterocycles. The van der Waals surface area contributed by atoms with Crippen molar-refractivity contribution >= 4 is 0 Å². The van der Waals surface area contributed by atoms with E-state index in [-0.39, 0.29) is 5.54 Å². The van der Waals surface area contributed by atoms with Gasteiger partial charge in [-0.05, 0) is 25.3 Å². The Kier molecular flexibility index (Phi) is 2.42. The molecule has 0 fully saturated rings. The standard InChI is InChI=1S/C13H17N/c1-13(14)10-6-5-9-12(13)11-7-3-2-4-8-11/h2-4,6-8,10,12H,5,9,14H2,1H3. The molecule has 1 aliphatic carbocycles. The Morgan fingerprint density at radius 3 is 2.64 bits per heavy atom. The molecule has 1 aromatic carbocycles. The van der Waals surface area contributed by atoms with Gasteiger partial charge in [-0.15, -0.1) is 0 Å². The molecule has 0 aromatic heterocycles. The summed E-state index contributed by atoms with van der Waals surface area (Å²) in [5.74, 6) is 0.466. The van der Waals surface area contributed by atoms with Crippen molar-refractivity contribution in [3.63, 3.8) is 0 Å². The van der Waals surface area contributed by atoms with Gasteiger partial charge in [0.05, 0.1) is 0 Å². The minimum atomic E-state index is -0.181. The van der Waals surface area contributed by atoms with Crippen LogP contribution in [0.1, 0.15) is 31.2 Å². The topological polar surface area (TPSA) is 26.0 Å². The minimum Gasteiger partial charge on any atom is -0.322 e. The van der Waals surface area contributed by atoms with E-state index in [4.69, 9.17) is 5.73 Å². The average Bonchev–Trinajstić information content (AvgIpc) is 2.18. The molecule has 0 bridgehead atoms. The lowest BCUT2D eigenvalue weighted by Gasteiger charge is -2.34. The molecule has 2 unspecified atom stereocenters. The van der Waals surface area contributed by atoms with Crippen molar-refractivity contribution in [1.29, 1.82) is 0 Å². The molecule has 0 amide bonds. The molecule has 1 aromatic rings. The summed E-state index contributed by atoms with van der Waals surface area (Å²) in [6, 6.07) is 10.6. The van der Waals surface area contributed by atoms with Gasteiger partial charge in [-0.3, -0.25) is 0 Å². The second kappa shape index (κ2) is 3.58. The zero-order valence-corrected chi connectivity index (χ0v) is 8.61. The molecular weight excluding hydrogens is 170 g/mol. The Hall–Kier alpha value is -1.08. The first kappa shape index (κ1) is 9.47. The molecule has 2 rings (SSSR count). The summed E-state index contributed by atoms with van der Waals surface area (Å²) in [4.78, 5) is 0. The van der Waals surface area contributed by atoms with Crippen molar-refractivity contribution in [2.24, 2.45) is 5.73 Å². The molecule has 0 saturated heterocycles. The second-order valence-corrected chi connectivity index (χ2v) is 4.31. The summed E-state index contributed by atoms with van der Waals surface area (Å²) in [7, 11) is 0. The van der Waals surface area contributed by atoms with Crippen molar-refractivity contribution in [3.05, 3.63) is 48.0 Å². The first-order valence-corrected chi connectivity index (χ1v) is 5.22. The Balaban J connectivity index is 2.31. The maximum atomic E-state index is 6.27. The third-order valence-corrected chi connectivity index (χ3v) is 3.05. The fourth-order valence-corrected chi connectivity index (χ4v) is 2.24. The van der Waals surface area contributed by atoms with Crippen molar-refractivity contribution in [3.8, 4) is 0 Å². The van der Waals surface area contributed by atoms with Crippen LogP contribution in [0, 0.1) is 0 Å². The molecule has 74 valence electrons. The molecule has 14 heavy (non-hydrogen) atoms. The van der Waals surface area contributed by atoms with Crippen LogP contribution in [0.15, 0.2) is 42.5 Å². The summed E-state index contributed by atoms with van der Waals surface area (Å²) >= 11 is 0. The van der Waals surface area contributed by atoms with Crippen LogP contribution in [0.2, 0.25) is 0 Å². The average molecular weight is 187 g/mol. The lowest BCUT2D eigenvalue weighted by atomic mass is 9.75. The number of hydrogen-bond donors (Lipinski definition) is 1. The number of nitrogens with two attached hydrogens (primary N) is 1. The number of allylic oxidation sites excluding steroid dienone is 1. The molecule has 2 atom stereocenters. The first-order valence-electron chi connectivity index (χ1n) is 5.22. The van der Waals surface area contributed by atoms with Crippen LogP contribution in [0.4, 0.5) is 0 Å². The van der Waals surface area contributed by atoms with Crippen LogP contribution in [0.3, 0.4) is 0 Å². The lowest BCUT2D eigenvalue weighted by molar-refractivity contribution is 0.418. The van der Waals surface area contributed by atoms with Gasteiger partial charge in [-0.25, -0.2) is 0 Å². The molecule has 0 spiro atoms. The maximum Gasteiger partial charge on any atom is 0.0380 e. The van der Waals surface area contributed by atoms with Crippen molar-refractivity contribution < 1.29 is 0 Å². The fourth-order valence-electron chi connectivity index (χ4n) is 2.24. The zero-order valence-electron chi connectivity index (χ0n) is 8.61. The van der Waals surface area contributed by atoms with Crippen LogP contribution in [-0.2, 0) is 0 Å². The van der Waals surface area contributed by atoms with Crippen LogP contribution >= 0.6 is 0 Å².